The smallest absolute Gasteiger partial charge is 0.246 e. The summed E-state index contributed by atoms with van der Waals surface area (Å²) in [5, 5.41) is 11.1. The summed E-state index contributed by atoms with van der Waals surface area (Å²) in [6, 6.07) is 15.0. The number of anilines is 1. The molecule has 1 heterocycles. The van der Waals surface area contributed by atoms with E-state index in [1.165, 1.54) is 0 Å². The lowest BCUT2D eigenvalue weighted by molar-refractivity contribution is 0.376. The van der Waals surface area contributed by atoms with E-state index in [1.54, 1.807) is 12.1 Å². The van der Waals surface area contributed by atoms with E-state index in [4.69, 9.17) is 28.3 Å². The average molecular weight is 424 g/mol. The van der Waals surface area contributed by atoms with E-state index in [2.05, 4.69) is 36.7 Å². The van der Waals surface area contributed by atoms with Gasteiger partial charge in [0.2, 0.25) is 11.7 Å². The van der Waals surface area contributed by atoms with Gasteiger partial charge < -0.3 is 15.2 Å². The van der Waals surface area contributed by atoms with Crippen LogP contribution in [0.25, 0.3) is 11.4 Å². The summed E-state index contributed by atoms with van der Waals surface area (Å²) >= 11 is 14.6. The fourth-order valence-electron chi connectivity index (χ4n) is 1.97. The number of halogens is 2. The van der Waals surface area contributed by atoms with Gasteiger partial charge in [-0.2, -0.15) is 4.98 Å². The van der Waals surface area contributed by atoms with Crippen molar-refractivity contribution < 1.29 is 4.52 Å². The molecule has 3 aromatic rings. The van der Waals surface area contributed by atoms with E-state index in [0.29, 0.717) is 28.4 Å². The van der Waals surface area contributed by atoms with Crippen LogP contribution in [0.2, 0.25) is 5.02 Å². The molecule has 122 valence electrons. The summed E-state index contributed by atoms with van der Waals surface area (Å²) in [7, 11) is 0. The Kier molecular flexibility index (Phi) is 5.44. The number of rotatable bonds is 4. The minimum atomic E-state index is 0.327. The third-order valence-electron chi connectivity index (χ3n) is 3.03. The van der Waals surface area contributed by atoms with Gasteiger partial charge in [0.05, 0.1) is 6.54 Å². The monoisotopic (exact) mass is 422 g/mol. The van der Waals surface area contributed by atoms with Crippen molar-refractivity contribution in [2.45, 2.75) is 6.54 Å². The molecule has 0 saturated heterocycles. The molecule has 0 aliphatic rings. The number of aromatic nitrogens is 2. The second-order valence-corrected chi connectivity index (χ2v) is 6.60. The maximum absolute atomic E-state index is 5.97. The molecule has 24 heavy (non-hydrogen) atoms. The van der Waals surface area contributed by atoms with Crippen LogP contribution >= 0.6 is 39.7 Å². The highest BCUT2D eigenvalue weighted by Gasteiger charge is 2.09. The van der Waals surface area contributed by atoms with Crippen LogP contribution in [0.5, 0.6) is 0 Å². The first kappa shape index (κ1) is 16.9. The number of benzene rings is 2. The Labute approximate surface area is 157 Å². The molecule has 3 rings (SSSR count). The summed E-state index contributed by atoms with van der Waals surface area (Å²) in [5.41, 5.74) is 1.68. The van der Waals surface area contributed by atoms with Gasteiger partial charge in [-0.15, -0.1) is 0 Å². The van der Waals surface area contributed by atoms with Gasteiger partial charge >= 0.3 is 0 Å². The molecule has 1 aromatic heterocycles. The number of nitrogens with one attached hydrogen (secondary N) is 2. The molecular weight excluding hydrogens is 412 g/mol. The van der Waals surface area contributed by atoms with E-state index < -0.39 is 0 Å². The summed E-state index contributed by atoms with van der Waals surface area (Å²) in [6.45, 7) is 0.327. The molecule has 2 N–H and O–H groups in total. The molecule has 0 bridgehead atoms. The van der Waals surface area contributed by atoms with Gasteiger partial charge in [0.25, 0.3) is 0 Å². The molecule has 0 fully saturated rings. The van der Waals surface area contributed by atoms with E-state index in [-0.39, 0.29) is 0 Å². The van der Waals surface area contributed by atoms with E-state index in [0.717, 1.165) is 15.7 Å². The zero-order valence-corrected chi connectivity index (χ0v) is 15.5. The van der Waals surface area contributed by atoms with Crippen molar-refractivity contribution in [3.8, 4) is 11.4 Å². The van der Waals surface area contributed by atoms with Crippen LogP contribution < -0.4 is 10.6 Å². The van der Waals surface area contributed by atoms with Crippen LogP contribution in [0.1, 0.15) is 5.89 Å². The van der Waals surface area contributed by atoms with Crippen LogP contribution in [0.15, 0.2) is 57.5 Å². The van der Waals surface area contributed by atoms with Crippen molar-refractivity contribution in [3.05, 3.63) is 63.9 Å². The van der Waals surface area contributed by atoms with Crippen LogP contribution in [-0.2, 0) is 6.54 Å². The molecule has 0 aliphatic heterocycles. The van der Waals surface area contributed by atoms with Crippen LogP contribution in [0, 0.1) is 0 Å². The highest BCUT2D eigenvalue weighted by molar-refractivity contribution is 9.10. The van der Waals surface area contributed by atoms with E-state index in [9.17, 15) is 0 Å². The van der Waals surface area contributed by atoms with Gasteiger partial charge in [0.1, 0.15) is 0 Å². The Morgan fingerprint density at radius 1 is 1.21 bits per heavy atom. The molecule has 0 spiro atoms. The third kappa shape index (κ3) is 4.53. The van der Waals surface area contributed by atoms with Crippen molar-refractivity contribution in [2.75, 3.05) is 5.32 Å². The second-order valence-electron chi connectivity index (χ2n) is 4.84. The Morgan fingerprint density at radius 2 is 2.04 bits per heavy atom. The van der Waals surface area contributed by atoms with Gasteiger partial charge in [-0.1, -0.05) is 50.9 Å². The van der Waals surface area contributed by atoms with Crippen molar-refractivity contribution in [1.29, 1.82) is 0 Å². The first-order valence-corrected chi connectivity index (χ1v) is 8.57. The zero-order chi connectivity index (χ0) is 16.9. The van der Waals surface area contributed by atoms with Crippen LogP contribution in [0.4, 0.5) is 5.69 Å². The molecule has 8 heteroatoms. The second kappa shape index (κ2) is 7.74. The standard InChI is InChI=1S/C16H12BrClN4OS/c17-11-4-2-6-13(8-11)20-16(24)19-9-14-21-15(22-23-14)10-3-1-5-12(18)7-10/h1-8H,9H2,(H2,19,20,24). The summed E-state index contributed by atoms with van der Waals surface area (Å²) in [4.78, 5) is 4.32. The number of thiocarbonyl (C=S) groups is 1. The molecule has 0 saturated carbocycles. The maximum atomic E-state index is 5.97. The van der Waals surface area contributed by atoms with Gasteiger partial charge in [-0.3, -0.25) is 0 Å². The average Bonchev–Trinajstić information content (AvgIpc) is 3.02. The lowest BCUT2D eigenvalue weighted by Crippen LogP contribution is -2.27. The topological polar surface area (TPSA) is 63.0 Å². The van der Waals surface area contributed by atoms with E-state index >= 15 is 0 Å². The highest BCUT2D eigenvalue weighted by atomic mass is 79.9. The Morgan fingerprint density at radius 3 is 2.83 bits per heavy atom. The Bertz CT molecular complexity index is 871. The van der Waals surface area contributed by atoms with Gasteiger partial charge in [0, 0.05) is 20.7 Å². The predicted molar refractivity (Wildman–Crippen MR) is 102 cm³/mol. The lowest BCUT2D eigenvalue weighted by Gasteiger charge is -2.08. The minimum Gasteiger partial charge on any atom is -0.353 e. The van der Waals surface area contributed by atoms with Crippen LogP contribution in [0.3, 0.4) is 0 Å². The number of hydrogen-bond donors (Lipinski definition) is 2. The van der Waals surface area contributed by atoms with Crippen molar-refractivity contribution in [2.24, 2.45) is 0 Å². The van der Waals surface area contributed by atoms with Gasteiger partial charge in [-0.25, -0.2) is 0 Å². The Balaban J connectivity index is 1.58. The normalized spacial score (nSPS) is 10.4. The first-order valence-electron chi connectivity index (χ1n) is 6.99. The van der Waals surface area contributed by atoms with Crippen molar-refractivity contribution in [3.63, 3.8) is 0 Å². The summed E-state index contributed by atoms with van der Waals surface area (Å²) in [5.74, 6) is 0.920. The fourth-order valence-corrected chi connectivity index (χ4v) is 2.75. The maximum Gasteiger partial charge on any atom is 0.246 e. The molecular formula is C16H12BrClN4OS. The van der Waals surface area contributed by atoms with Crippen molar-refractivity contribution in [1.82, 2.24) is 15.5 Å². The SMILES string of the molecule is S=C(NCc1nc(-c2cccc(Cl)c2)no1)Nc1cccc(Br)c1. The molecule has 0 unspecified atom stereocenters. The minimum absolute atomic E-state index is 0.327. The third-order valence-corrected chi connectivity index (χ3v) is 4.01. The predicted octanol–water partition coefficient (Wildman–Crippen LogP) is 4.64. The quantitative estimate of drug-likeness (QED) is 0.596. The first-order chi connectivity index (χ1) is 11.6. The number of nitrogens with zero attached hydrogens (tertiary/aromatic N) is 2. The fraction of sp³-hybridized carbons (Fsp3) is 0.0625. The molecule has 2 aromatic carbocycles. The van der Waals surface area contributed by atoms with Gasteiger partial charge in [0.15, 0.2) is 5.11 Å². The highest BCUT2D eigenvalue weighted by Crippen LogP contribution is 2.20. The van der Waals surface area contributed by atoms with E-state index in [1.807, 2.05) is 36.4 Å². The molecule has 0 aliphatic carbocycles. The zero-order valence-electron chi connectivity index (χ0n) is 12.3. The summed E-state index contributed by atoms with van der Waals surface area (Å²) in [6.07, 6.45) is 0. The van der Waals surface area contributed by atoms with Crippen molar-refractivity contribution >= 4 is 50.5 Å². The number of hydrogen-bond acceptors (Lipinski definition) is 4. The lowest BCUT2D eigenvalue weighted by atomic mass is 10.2. The Hall–Kier alpha value is -1.96. The summed E-state index contributed by atoms with van der Waals surface area (Å²) < 4.78 is 6.19. The molecule has 0 radical (unpaired) electrons. The van der Waals surface area contributed by atoms with Gasteiger partial charge in [-0.05, 0) is 42.5 Å². The molecule has 5 nitrogen and oxygen atoms in total. The molecule has 0 amide bonds. The van der Waals surface area contributed by atoms with Crippen LogP contribution in [-0.4, -0.2) is 15.3 Å². The molecule has 0 atom stereocenters. The largest absolute Gasteiger partial charge is 0.353 e.